The van der Waals surface area contributed by atoms with Gasteiger partial charge in [-0.15, -0.1) is 0 Å². The molecule has 0 bridgehead atoms. The van der Waals surface area contributed by atoms with Crippen LogP contribution in [0.2, 0.25) is 0 Å². The van der Waals surface area contributed by atoms with E-state index in [1.807, 2.05) is 29.2 Å². The average Bonchev–Trinajstić information content (AvgIpc) is 2.85. The number of hydrogen-bond acceptors (Lipinski definition) is 3. The van der Waals surface area contributed by atoms with E-state index < -0.39 is 0 Å². The Bertz CT molecular complexity index is 610. The molecule has 1 aromatic heterocycles. The predicted molar refractivity (Wildman–Crippen MR) is 78.8 cm³/mol. The number of nitriles is 1. The Morgan fingerprint density at radius 3 is 2.89 bits per heavy atom. The third-order valence-corrected chi connectivity index (χ3v) is 3.26. The maximum atomic E-state index is 9.06. The van der Waals surface area contributed by atoms with Crippen LogP contribution in [0.15, 0.2) is 35.1 Å². The van der Waals surface area contributed by atoms with E-state index >= 15 is 0 Å². The Hall–Kier alpha value is -1.80. The summed E-state index contributed by atoms with van der Waals surface area (Å²) in [6, 6.07) is 8.10. The molecule has 1 heterocycles. The first-order chi connectivity index (χ1) is 9.10. The van der Waals surface area contributed by atoms with E-state index in [-0.39, 0.29) is 0 Å². The molecule has 0 unspecified atom stereocenters. The molecule has 0 aliphatic carbocycles. The summed E-state index contributed by atoms with van der Waals surface area (Å²) >= 11 is 3.41. The predicted octanol–water partition coefficient (Wildman–Crippen LogP) is 3.71. The van der Waals surface area contributed by atoms with Crippen LogP contribution in [0.25, 0.3) is 0 Å². The highest BCUT2D eigenvalue weighted by Crippen LogP contribution is 2.21. The summed E-state index contributed by atoms with van der Waals surface area (Å²) in [5, 5.41) is 16.6. The molecule has 2 rings (SSSR count). The van der Waals surface area contributed by atoms with Crippen LogP contribution in [0.3, 0.4) is 0 Å². The molecule has 98 valence electrons. The number of rotatable bonds is 4. The van der Waals surface area contributed by atoms with Crippen LogP contribution < -0.4 is 5.32 Å². The van der Waals surface area contributed by atoms with Crippen molar-refractivity contribution in [2.24, 2.45) is 0 Å². The Labute approximate surface area is 121 Å². The number of nitrogens with zero attached hydrogens (tertiary/aromatic N) is 3. The summed E-state index contributed by atoms with van der Waals surface area (Å²) in [7, 11) is 0. The van der Waals surface area contributed by atoms with E-state index in [0.717, 1.165) is 15.7 Å². The molecule has 0 saturated heterocycles. The summed E-state index contributed by atoms with van der Waals surface area (Å²) in [6.45, 7) is 4.83. The molecule has 0 amide bonds. The molecule has 0 saturated carbocycles. The summed E-state index contributed by atoms with van der Waals surface area (Å²) in [4.78, 5) is 0. The molecular weight excluding hydrogens is 304 g/mol. The highest BCUT2D eigenvalue weighted by Gasteiger charge is 2.05. The van der Waals surface area contributed by atoms with Crippen molar-refractivity contribution < 1.29 is 0 Å². The van der Waals surface area contributed by atoms with Crippen molar-refractivity contribution in [3.8, 4) is 6.07 Å². The highest BCUT2D eigenvalue weighted by atomic mass is 79.9. The van der Waals surface area contributed by atoms with Crippen LogP contribution in [0.4, 0.5) is 5.69 Å². The van der Waals surface area contributed by atoms with Gasteiger partial charge in [-0.05, 0) is 32.0 Å². The molecule has 19 heavy (non-hydrogen) atoms. The lowest BCUT2D eigenvalue weighted by atomic mass is 10.2. The van der Waals surface area contributed by atoms with Crippen LogP contribution >= 0.6 is 15.9 Å². The number of anilines is 1. The fraction of sp³-hybridized carbons (Fsp3) is 0.286. The van der Waals surface area contributed by atoms with Crippen LogP contribution in [-0.2, 0) is 6.54 Å². The molecule has 4 nitrogen and oxygen atoms in total. The molecule has 0 radical (unpaired) electrons. The number of benzene rings is 1. The van der Waals surface area contributed by atoms with Gasteiger partial charge in [0.15, 0.2) is 0 Å². The Morgan fingerprint density at radius 2 is 2.26 bits per heavy atom. The molecule has 0 spiro atoms. The van der Waals surface area contributed by atoms with E-state index in [0.29, 0.717) is 18.2 Å². The second-order valence-electron chi connectivity index (χ2n) is 4.58. The molecule has 1 N–H and O–H groups in total. The minimum atomic E-state index is 0.356. The zero-order valence-corrected chi connectivity index (χ0v) is 12.5. The molecule has 1 aromatic carbocycles. The first kappa shape index (κ1) is 13.6. The topological polar surface area (TPSA) is 53.6 Å². The van der Waals surface area contributed by atoms with E-state index in [4.69, 9.17) is 5.26 Å². The van der Waals surface area contributed by atoms with Crippen molar-refractivity contribution in [3.05, 3.63) is 46.2 Å². The van der Waals surface area contributed by atoms with Gasteiger partial charge >= 0.3 is 0 Å². The SMILES string of the molecule is CC(C)n1cc(CNc2cc(Br)ccc2C#N)cn1. The maximum absolute atomic E-state index is 9.06. The zero-order valence-electron chi connectivity index (χ0n) is 10.9. The first-order valence-electron chi connectivity index (χ1n) is 6.06. The summed E-state index contributed by atoms with van der Waals surface area (Å²) < 4.78 is 2.87. The smallest absolute Gasteiger partial charge is 0.101 e. The minimum Gasteiger partial charge on any atom is -0.380 e. The first-order valence-corrected chi connectivity index (χ1v) is 6.86. The van der Waals surface area contributed by atoms with Crippen molar-refractivity contribution in [1.29, 1.82) is 5.26 Å². The van der Waals surface area contributed by atoms with Gasteiger partial charge in [-0.3, -0.25) is 4.68 Å². The quantitative estimate of drug-likeness (QED) is 0.934. The Balaban J connectivity index is 2.10. The standard InChI is InChI=1S/C14H15BrN4/c1-10(2)19-9-11(8-18-19)7-17-14-5-13(15)4-3-12(14)6-16/h3-5,8-10,17H,7H2,1-2H3. The van der Waals surface area contributed by atoms with Crippen molar-refractivity contribution in [2.45, 2.75) is 26.4 Å². The van der Waals surface area contributed by atoms with Crippen molar-refractivity contribution >= 4 is 21.6 Å². The van der Waals surface area contributed by atoms with Gasteiger partial charge in [0.05, 0.1) is 17.4 Å². The van der Waals surface area contributed by atoms with Gasteiger partial charge in [-0.2, -0.15) is 10.4 Å². The molecule has 0 fully saturated rings. The lowest BCUT2D eigenvalue weighted by molar-refractivity contribution is 0.532. The molecule has 2 aromatic rings. The Kier molecular flexibility index (Phi) is 4.23. The van der Waals surface area contributed by atoms with E-state index in [1.54, 1.807) is 6.07 Å². The van der Waals surface area contributed by atoms with Gasteiger partial charge in [0.25, 0.3) is 0 Å². The molecular formula is C14H15BrN4. The number of hydrogen-bond donors (Lipinski definition) is 1. The average molecular weight is 319 g/mol. The number of nitrogens with one attached hydrogen (secondary N) is 1. The number of aromatic nitrogens is 2. The van der Waals surface area contributed by atoms with E-state index in [1.165, 1.54) is 0 Å². The summed E-state index contributed by atoms with van der Waals surface area (Å²) in [5.74, 6) is 0. The van der Waals surface area contributed by atoms with Gasteiger partial charge in [-0.1, -0.05) is 15.9 Å². The Morgan fingerprint density at radius 1 is 1.47 bits per heavy atom. The van der Waals surface area contributed by atoms with Crippen LogP contribution in [0.5, 0.6) is 0 Å². The van der Waals surface area contributed by atoms with Gasteiger partial charge < -0.3 is 5.32 Å². The largest absolute Gasteiger partial charge is 0.380 e. The second-order valence-corrected chi connectivity index (χ2v) is 5.49. The molecule has 0 aliphatic rings. The normalized spacial score (nSPS) is 10.5. The summed E-state index contributed by atoms with van der Waals surface area (Å²) in [5.41, 5.74) is 2.56. The monoisotopic (exact) mass is 318 g/mol. The summed E-state index contributed by atoms with van der Waals surface area (Å²) in [6.07, 6.45) is 3.86. The second kappa shape index (κ2) is 5.89. The lowest BCUT2D eigenvalue weighted by Crippen LogP contribution is -2.02. The highest BCUT2D eigenvalue weighted by molar-refractivity contribution is 9.10. The van der Waals surface area contributed by atoms with Crippen LogP contribution in [-0.4, -0.2) is 9.78 Å². The fourth-order valence-corrected chi connectivity index (χ4v) is 2.07. The van der Waals surface area contributed by atoms with Gasteiger partial charge in [0.2, 0.25) is 0 Å². The van der Waals surface area contributed by atoms with Crippen molar-refractivity contribution in [3.63, 3.8) is 0 Å². The number of halogens is 1. The zero-order chi connectivity index (χ0) is 13.8. The van der Waals surface area contributed by atoms with Crippen LogP contribution in [0.1, 0.15) is 31.0 Å². The minimum absolute atomic E-state index is 0.356. The fourth-order valence-electron chi connectivity index (χ4n) is 1.71. The van der Waals surface area contributed by atoms with Gasteiger partial charge in [-0.25, -0.2) is 0 Å². The van der Waals surface area contributed by atoms with E-state index in [9.17, 15) is 0 Å². The molecule has 0 atom stereocenters. The van der Waals surface area contributed by atoms with Gasteiger partial charge in [0, 0.05) is 28.8 Å². The third kappa shape index (κ3) is 3.36. The molecule has 0 aliphatic heterocycles. The van der Waals surface area contributed by atoms with E-state index in [2.05, 4.69) is 46.3 Å². The lowest BCUT2D eigenvalue weighted by Gasteiger charge is -2.07. The molecule has 5 heteroatoms. The van der Waals surface area contributed by atoms with Gasteiger partial charge in [0.1, 0.15) is 6.07 Å². The maximum Gasteiger partial charge on any atom is 0.101 e. The third-order valence-electron chi connectivity index (χ3n) is 2.77. The van der Waals surface area contributed by atoms with Crippen LogP contribution in [0, 0.1) is 11.3 Å². The van der Waals surface area contributed by atoms with Crippen molar-refractivity contribution in [2.75, 3.05) is 5.32 Å². The van der Waals surface area contributed by atoms with Crippen molar-refractivity contribution in [1.82, 2.24) is 9.78 Å².